The molecule has 0 saturated carbocycles. The predicted molar refractivity (Wildman–Crippen MR) is 77.9 cm³/mol. The SMILES string of the molecule is COc1ccc(NC(=O)C(C)N2CCCC(O)C2)cc1. The maximum Gasteiger partial charge on any atom is 0.241 e. The summed E-state index contributed by atoms with van der Waals surface area (Å²) in [4.78, 5) is 14.2. The van der Waals surface area contributed by atoms with Crippen LogP contribution in [0.3, 0.4) is 0 Å². The molecule has 5 nitrogen and oxygen atoms in total. The second-order valence-corrected chi connectivity index (χ2v) is 5.18. The molecule has 1 fully saturated rings. The van der Waals surface area contributed by atoms with Gasteiger partial charge in [-0.05, 0) is 50.6 Å². The van der Waals surface area contributed by atoms with E-state index in [0.717, 1.165) is 30.8 Å². The van der Waals surface area contributed by atoms with Crippen LogP contribution in [0.4, 0.5) is 5.69 Å². The smallest absolute Gasteiger partial charge is 0.241 e. The molecule has 0 aromatic heterocycles. The van der Waals surface area contributed by atoms with Gasteiger partial charge in [-0.3, -0.25) is 9.69 Å². The van der Waals surface area contributed by atoms with Gasteiger partial charge in [-0.2, -0.15) is 0 Å². The number of likely N-dealkylation sites (tertiary alicyclic amines) is 1. The van der Waals surface area contributed by atoms with E-state index in [1.165, 1.54) is 0 Å². The third kappa shape index (κ3) is 3.71. The Morgan fingerprint density at radius 2 is 2.15 bits per heavy atom. The summed E-state index contributed by atoms with van der Waals surface area (Å²) < 4.78 is 5.08. The fourth-order valence-electron chi connectivity index (χ4n) is 2.42. The molecule has 1 aliphatic heterocycles. The Morgan fingerprint density at radius 3 is 2.75 bits per heavy atom. The zero-order chi connectivity index (χ0) is 14.5. The Labute approximate surface area is 119 Å². The van der Waals surface area contributed by atoms with E-state index in [0.29, 0.717) is 6.54 Å². The second-order valence-electron chi connectivity index (χ2n) is 5.18. The highest BCUT2D eigenvalue weighted by Gasteiger charge is 2.26. The molecule has 1 amide bonds. The zero-order valence-corrected chi connectivity index (χ0v) is 12.0. The molecule has 0 aliphatic carbocycles. The maximum absolute atomic E-state index is 12.2. The van der Waals surface area contributed by atoms with Gasteiger partial charge >= 0.3 is 0 Å². The molecule has 1 aromatic rings. The maximum atomic E-state index is 12.2. The van der Waals surface area contributed by atoms with Gasteiger partial charge in [0.2, 0.25) is 5.91 Å². The van der Waals surface area contributed by atoms with Gasteiger partial charge in [0.15, 0.2) is 0 Å². The number of carbonyl (C=O) groups excluding carboxylic acids is 1. The van der Waals surface area contributed by atoms with Crippen LogP contribution in [0.1, 0.15) is 19.8 Å². The quantitative estimate of drug-likeness (QED) is 0.875. The molecule has 2 unspecified atom stereocenters. The van der Waals surface area contributed by atoms with Crippen LogP contribution in [0.5, 0.6) is 5.75 Å². The number of amides is 1. The first-order valence-electron chi connectivity index (χ1n) is 6.97. The van der Waals surface area contributed by atoms with Crippen LogP contribution < -0.4 is 10.1 Å². The van der Waals surface area contributed by atoms with E-state index in [1.54, 1.807) is 7.11 Å². The summed E-state index contributed by atoms with van der Waals surface area (Å²) in [6.45, 7) is 3.29. The number of anilines is 1. The van der Waals surface area contributed by atoms with Gasteiger partial charge in [0.05, 0.1) is 19.3 Å². The number of piperidine rings is 1. The van der Waals surface area contributed by atoms with E-state index < -0.39 is 0 Å². The highest BCUT2D eigenvalue weighted by Crippen LogP contribution is 2.17. The number of carbonyl (C=O) groups is 1. The van der Waals surface area contributed by atoms with Crippen LogP contribution in [0, 0.1) is 0 Å². The third-order valence-corrected chi connectivity index (χ3v) is 3.71. The molecule has 1 aromatic carbocycles. The minimum atomic E-state index is -0.319. The second kappa shape index (κ2) is 6.72. The van der Waals surface area contributed by atoms with Gasteiger partial charge in [-0.15, -0.1) is 0 Å². The number of aliphatic hydroxyl groups is 1. The van der Waals surface area contributed by atoms with Gasteiger partial charge < -0.3 is 15.2 Å². The summed E-state index contributed by atoms with van der Waals surface area (Å²) in [5, 5.41) is 12.6. The lowest BCUT2D eigenvalue weighted by molar-refractivity contribution is -0.121. The van der Waals surface area contributed by atoms with Crippen LogP contribution in [0.25, 0.3) is 0 Å². The number of rotatable bonds is 4. The highest BCUT2D eigenvalue weighted by molar-refractivity contribution is 5.94. The number of nitrogens with one attached hydrogen (secondary N) is 1. The molecule has 1 saturated heterocycles. The van der Waals surface area contributed by atoms with E-state index in [-0.39, 0.29) is 18.1 Å². The van der Waals surface area contributed by atoms with Crippen molar-refractivity contribution in [3.8, 4) is 5.75 Å². The van der Waals surface area contributed by atoms with Crippen LogP contribution in [0.15, 0.2) is 24.3 Å². The summed E-state index contributed by atoms with van der Waals surface area (Å²) in [7, 11) is 1.61. The molecular formula is C15H22N2O3. The summed E-state index contributed by atoms with van der Waals surface area (Å²) in [5.74, 6) is 0.708. The van der Waals surface area contributed by atoms with Crippen molar-refractivity contribution in [3.63, 3.8) is 0 Å². The van der Waals surface area contributed by atoms with Crippen LogP contribution >= 0.6 is 0 Å². The van der Waals surface area contributed by atoms with Gasteiger partial charge in [-0.1, -0.05) is 0 Å². The molecule has 2 atom stereocenters. The molecule has 110 valence electrons. The van der Waals surface area contributed by atoms with Crippen LogP contribution in [-0.4, -0.2) is 48.3 Å². The number of benzene rings is 1. The van der Waals surface area contributed by atoms with Crippen molar-refractivity contribution >= 4 is 11.6 Å². The number of nitrogens with zero attached hydrogens (tertiary/aromatic N) is 1. The summed E-state index contributed by atoms with van der Waals surface area (Å²) >= 11 is 0. The molecule has 1 aliphatic rings. The van der Waals surface area contributed by atoms with Crippen molar-refractivity contribution in [3.05, 3.63) is 24.3 Å². The van der Waals surface area contributed by atoms with Crippen molar-refractivity contribution in [1.29, 1.82) is 0 Å². The van der Waals surface area contributed by atoms with Crippen molar-refractivity contribution in [2.45, 2.75) is 31.9 Å². The minimum Gasteiger partial charge on any atom is -0.497 e. The van der Waals surface area contributed by atoms with Gasteiger partial charge in [0.25, 0.3) is 0 Å². The van der Waals surface area contributed by atoms with Crippen molar-refractivity contribution < 1.29 is 14.6 Å². The van der Waals surface area contributed by atoms with Crippen molar-refractivity contribution in [2.75, 3.05) is 25.5 Å². The van der Waals surface area contributed by atoms with E-state index >= 15 is 0 Å². The van der Waals surface area contributed by atoms with E-state index in [4.69, 9.17) is 4.74 Å². The number of hydrogen-bond acceptors (Lipinski definition) is 4. The van der Waals surface area contributed by atoms with Gasteiger partial charge in [0.1, 0.15) is 5.75 Å². The fraction of sp³-hybridized carbons (Fsp3) is 0.533. The average Bonchev–Trinajstić information content (AvgIpc) is 2.47. The Morgan fingerprint density at radius 1 is 1.45 bits per heavy atom. The van der Waals surface area contributed by atoms with Crippen molar-refractivity contribution in [2.24, 2.45) is 0 Å². The molecular weight excluding hydrogens is 256 g/mol. The third-order valence-electron chi connectivity index (χ3n) is 3.71. The standard InChI is InChI=1S/C15H22N2O3/c1-11(17-9-3-4-13(18)10-17)15(19)16-12-5-7-14(20-2)8-6-12/h5-8,11,13,18H,3-4,9-10H2,1-2H3,(H,16,19). The first-order valence-corrected chi connectivity index (χ1v) is 6.97. The number of β-amino-alcohol motifs (C(OH)–C–C–N with tert-alkyl or cyclic N) is 1. The Hall–Kier alpha value is -1.59. The highest BCUT2D eigenvalue weighted by atomic mass is 16.5. The number of aliphatic hydroxyl groups excluding tert-OH is 1. The topological polar surface area (TPSA) is 61.8 Å². The normalized spacial score (nSPS) is 21.2. The summed E-state index contributed by atoms with van der Waals surface area (Å²) in [5.41, 5.74) is 0.750. The molecule has 0 spiro atoms. The molecule has 2 N–H and O–H groups in total. The Bertz CT molecular complexity index is 447. The number of ether oxygens (including phenoxy) is 1. The van der Waals surface area contributed by atoms with Crippen LogP contribution in [0.2, 0.25) is 0 Å². The summed E-state index contributed by atoms with van der Waals surface area (Å²) in [6, 6.07) is 7.01. The predicted octanol–water partition coefficient (Wildman–Crippen LogP) is 1.48. The first-order chi connectivity index (χ1) is 9.60. The monoisotopic (exact) mass is 278 g/mol. The molecule has 2 rings (SSSR count). The lowest BCUT2D eigenvalue weighted by Gasteiger charge is -2.33. The number of methoxy groups -OCH3 is 1. The Balaban J connectivity index is 1.92. The minimum absolute atomic E-state index is 0.0516. The molecule has 0 radical (unpaired) electrons. The number of hydrogen-bond donors (Lipinski definition) is 2. The lowest BCUT2D eigenvalue weighted by Crippen LogP contribution is -2.48. The van der Waals surface area contributed by atoms with E-state index in [1.807, 2.05) is 36.1 Å². The largest absolute Gasteiger partial charge is 0.497 e. The molecule has 5 heteroatoms. The Kier molecular flexibility index (Phi) is 4.98. The molecule has 20 heavy (non-hydrogen) atoms. The van der Waals surface area contributed by atoms with E-state index in [9.17, 15) is 9.90 Å². The molecule has 0 bridgehead atoms. The first kappa shape index (κ1) is 14.8. The van der Waals surface area contributed by atoms with Gasteiger partial charge in [0, 0.05) is 12.2 Å². The van der Waals surface area contributed by atoms with Crippen LogP contribution in [-0.2, 0) is 4.79 Å². The summed E-state index contributed by atoms with van der Waals surface area (Å²) in [6.07, 6.45) is 1.44. The lowest BCUT2D eigenvalue weighted by atomic mass is 10.1. The average molecular weight is 278 g/mol. The van der Waals surface area contributed by atoms with E-state index in [2.05, 4.69) is 5.32 Å². The molecule has 1 heterocycles. The fourth-order valence-corrected chi connectivity index (χ4v) is 2.42. The van der Waals surface area contributed by atoms with Gasteiger partial charge in [-0.25, -0.2) is 0 Å². The zero-order valence-electron chi connectivity index (χ0n) is 12.0. The van der Waals surface area contributed by atoms with Crippen molar-refractivity contribution in [1.82, 2.24) is 4.90 Å².